The van der Waals surface area contributed by atoms with Crippen molar-refractivity contribution in [3.8, 4) is 11.5 Å². The number of nitrogens with zero attached hydrogens (tertiary/aromatic N) is 1. The van der Waals surface area contributed by atoms with Gasteiger partial charge >= 0.3 is 0 Å². The third-order valence-electron chi connectivity index (χ3n) is 4.89. The zero-order valence-corrected chi connectivity index (χ0v) is 17.8. The van der Waals surface area contributed by atoms with Crippen molar-refractivity contribution in [2.24, 2.45) is 5.73 Å². The Morgan fingerprint density at radius 1 is 1.10 bits per heavy atom. The van der Waals surface area contributed by atoms with Gasteiger partial charge in [0.1, 0.15) is 17.6 Å². The molecule has 0 bridgehead atoms. The van der Waals surface area contributed by atoms with Crippen LogP contribution in [-0.4, -0.2) is 39.6 Å². The molecule has 4 atom stereocenters. The van der Waals surface area contributed by atoms with Crippen LogP contribution in [0.1, 0.15) is 57.4 Å². The predicted molar refractivity (Wildman–Crippen MR) is 114 cm³/mol. The molecule has 2 rings (SSSR count). The lowest BCUT2D eigenvalue weighted by Crippen LogP contribution is -2.56. The molecule has 4 N–H and O–H groups in total. The summed E-state index contributed by atoms with van der Waals surface area (Å²) < 4.78 is 11.7. The number of aliphatic hydroxyl groups excluding tert-OH is 2. The van der Waals surface area contributed by atoms with Crippen molar-refractivity contribution in [1.82, 2.24) is 4.98 Å². The molecule has 1 aromatic carbocycles. The van der Waals surface area contributed by atoms with E-state index >= 15 is 0 Å². The lowest BCUT2D eigenvalue weighted by Gasteiger charge is -2.37. The van der Waals surface area contributed by atoms with E-state index in [2.05, 4.69) is 11.9 Å². The van der Waals surface area contributed by atoms with Crippen molar-refractivity contribution in [3.05, 3.63) is 53.9 Å². The Hall–Kier alpha value is -2.15. The summed E-state index contributed by atoms with van der Waals surface area (Å²) in [5, 5.41) is 20.9. The maximum absolute atomic E-state index is 10.6. The molecular weight excluding hydrogens is 368 g/mol. The van der Waals surface area contributed by atoms with Crippen molar-refractivity contribution in [1.29, 1.82) is 0 Å². The van der Waals surface area contributed by atoms with Gasteiger partial charge in [-0.1, -0.05) is 19.4 Å². The number of pyridine rings is 1. The zero-order chi connectivity index (χ0) is 21.4. The second-order valence-electron chi connectivity index (χ2n) is 7.91. The van der Waals surface area contributed by atoms with Crippen LogP contribution in [-0.2, 0) is 0 Å². The molecule has 160 valence electrons. The first-order valence-corrected chi connectivity index (χ1v) is 10.2. The summed E-state index contributed by atoms with van der Waals surface area (Å²) in [6.07, 6.45) is 1.61. The molecule has 0 fully saturated rings. The minimum atomic E-state index is -0.977. The van der Waals surface area contributed by atoms with Gasteiger partial charge in [0, 0.05) is 11.9 Å². The van der Waals surface area contributed by atoms with E-state index in [4.69, 9.17) is 15.2 Å². The summed E-state index contributed by atoms with van der Waals surface area (Å²) >= 11 is 0. The van der Waals surface area contributed by atoms with Gasteiger partial charge in [-0.3, -0.25) is 4.98 Å². The lowest BCUT2D eigenvalue weighted by atomic mass is 9.85. The number of nitrogens with two attached hydrogens (primary N) is 1. The highest BCUT2D eigenvalue weighted by Crippen LogP contribution is 2.29. The minimum absolute atomic E-state index is 0.214. The Kier molecular flexibility index (Phi) is 8.44. The Morgan fingerprint density at radius 2 is 1.76 bits per heavy atom. The zero-order valence-electron chi connectivity index (χ0n) is 17.8. The van der Waals surface area contributed by atoms with Gasteiger partial charge in [-0.2, -0.15) is 0 Å². The Bertz CT molecular complexity index is 730. The molecule has 6 heteroatoms. The highest BCUT2D eigenvalue weighted by atomic mass is 16.5. The Balaban J connectivity index is 2.05. The molecule has 0 radical (unpaired) electrons. The van der Waals surface area contributed by atoms with Crippen LogP contribution in [0.15, 0.2) is 42.6 Å². The summed E-state index contributed by atoms with van der Waals surface area (Å²) in [5.41, 5.74) is 7.09. The second-order valence-corrected chi connectivity index (χ2v) is 7.91. The largest absolute Gasteiger partial charge is 0.494 e. The van der Waals surface area contributed by atoms with E-state index in [9.17, 15) is 10.2 Å². The molecule has 0 spiro atoms. The third-order valence-corrected chi connectivity index (χ3v) is 4.89. The number of ether oxygens (including phenoxy) is 2. The van der Waals surface area contributed by atoms with Gasteiger partial charge in [0.15, 0.2) is 0 Å². The topological polar surface area (TPSA) is 97.8 Å². The van der Waals surface area contributed by atoms with Crippen molar-refractivity contribution in [3.63, 3.8) is 0 Å². The molecule has 0 saturated heterocycles. The van der Waals surface area contributed by atoms with E-state index in [0.717, 1.165) is 24.3 Å². The number of hydrogen-bond acceptors (Lipinski definition) is 6. The lowest BCUT2D eigenvalue weighted by molar-refractivity contribution is -0.0141. The maximum atomic E-state index is 10.6. The van der Waals surface area contributed by atoms with E-state index < -0.39 is 23.9 Å². The van der Waals surface area contributed by atoms with Gasteiger partial charge in [-0.15, -0.1) is 0 Å². The van der Waals surface area contributed by atoms with Crippen LogP contribution in [0, 0.1) is 6.92 Å². The number of aromatic nitrogens is 1. The molecule has 0 saturated carbocycles. The molecule has 0 amide bonds. The fraction of sp³-hybridized carbons (Fsp3) is 0.522. The van der Waals surface area contributed by atoms with E-state index in [1.165, 1.54) is 0 Å². The monoisotopic (exact) mass is 402 g/mol. The van der Waals surface area contributed by atoms with Crippen LogP contribution < -0.4 is 15.2 Å². The molecule has 0 aliphatic heterocycles. The number of aryl methyl sites for hydroxylation is 1. The summed E-state index contributed by atoms with van der Waals surface area (Å²) in [6, 6.07) is 11.0. The highest BCUT2D eigenvalue weighted by molar-refractivity contribution is 5.31. The maximum Gasteiger partial charge on any atom is 0.142 e. The number of unbranched alkanes of at least 4 members (excludes halogenated alkanes) is 1. The molecule has 2 aromatic rings. The van der Waals surface area contributed by atoms with E-state index in [-0.39, 0.29) is 6.42 Å². The van der Waals surface area contributed by atoms with Crippen LogP contribution in [0.2, 0.25) is 0 Å². The molecule has 1 heterocycles. The Morgan fingerprint density at radius 3 is 2.31 bits per heavy atom. The molecule has 0 aliphatic rings. The van der Waals surface area contributed by atoms with Crippen LogP contribution >= 0.6 is 0 Å². The number of benzene rings is 1. The first-order chi connectivity index (χ1) is 13.7. The quantitative estimate of drug-likeness (QED) is 0.497. The number of aliphatic hydroxyl groups is 2. The summed E-state index contributed by atoms with van der Waals surface area (Å²) in [5.74, 6) is 1.36. The van der Waals surface area contributed by atoms with Crippen LogP contribution in [0.3, 0.4) is 0 Å². The average molecular weight is 403 g/mol. The van der Waals surface area contributed by atoms with E-state index in [1.807, 2.05) is 31.2 Å². The Labute approximate surface area is 173 Å². The first kappa shape index (κ1) is 23.1. The van der Waals surface area contributed by atoms with Gasteiger partial charge in [0.2, 0.25) is 0 Å². The van der Waals surface area contributed by atoms with Gasteiger partial charge in [-0.25, -0.2) is 0 Å². The highest BCUT2D eigenvalue weighted by Gasteiger charge is 2.38. The normalized spacial score (nSPS) is 16.5. The molecule has 0 aliphatic carbocycles. The predicted octanol–water partition coefficient (Wildman–Crippen LogP) is 3.54. The van der Waals surface area contributed by atoms with Gasteiger partial charge in [-0.05, 0) is 69.5 Å². The molecular formula is C23H34N2O4. The van der Waals surface area contributed by atoms with Crippen molar-refractivity contribution in [2.75, 3.05) is 6.61 Å². The minimum Gasteiger partial charge on any atom is -0.494 e. The third kappa shape index (κ3) is 6.99. The molecule has 4 unspecified atom stereocenters. The SMILES string of the molecule is CCCCOc1ccc(OC(C(C)O)C(C)(N)CC(O)c2ccc(C)nc2)cc1. The van der Waals surface area contributed by atoms with Gasteiger partial charge in [0.25, 0.3) is 0 Å². The number of rotatable bonds is 11. The summed E-state index contributed by atoms with van der Waals surface area (Å²) in [4.78, 5) is 4.22. The van der Waals surface area contributed by atoms with E-state index in [1.54, 1.807) is 32.2 Å². The van der Waals surface area contributed by atoms with Crippen LogP contribution in [0.4, 0.5) is 0 Å². The molecule has 1 aromatic heterocycles. The summed E-state index contributed by atoms with van der Waals surface area (Å²) in [7, 11) is 0. The van der Waals surface area contributed by atoms with Gasteiger partial charge < -0.3 is 25.4 Å². The van der Waals surface area contributed by atoms with Gasteiger partial charge in [0.05, 0.1) is 24.4 Å². The standard InChI is InChI=1S/C23H34N2O4/c1-5-6-13-28-19-9-11-20(12-10-19)29-22(17(3)26)23(4,24)14-21(27)18-8-7-16(2)25-15-18/h7-12,15,17,21-22,26-27H,5-6,13-14,24H2,1-4H3. The smallest absolute Gasteiger partial charge is 0.142 e. The fourth-order valence-corrected chi connectivity index (χ4v) is 3.21. The number of hydrogen-bond donors (Lipinski definition) is 3. The summed E-state index contributed by atoms with van der Waals surface area (Å²) in [6.45, 7) is 8.10. The van der Waals surface area contributed by atoms with Crippen molar-refractivity contribution in [2.45, 2.75) is 70.8 Å². The van der Waals surface area contributed by atoms with Crippen LogP contribution in [0.25, 0.3) is 0 Å². The first-order valence-electron chi connectivity index (χ1n) is 10.2. The second kappa shape index (κ2) is 10.6. The molecule has 6 nitrogen and oxygen atoms in total. The van der Waals surface area contributed by atoms with Crippen molar-refractivity contribution >= 4 is 0 Å². The average Bonchev–Trinajstić information content (AvgIpc) is 2.67. The fourth-order valence-electron chi connectivity index (χ4n) is 3.21. The molecule has 29 heavy (non-hydrogen) atoms. The van der Waals surface area contributed by atoms with Crippen molar-refractivity contribution < 1.29 is 19.7 Å². The van der Waals surface area contributed by atoms with Crippen LogP contribution in [0.5, 0.6) is 11.5 Å². The van der Waals surface area contributed by atoms with E-state index in [0.29, 0.717) is 17.9 Å².